The van der Waals surface area contributed by atoms with E-state index in [2.05, 4.69) is 65.9 Å². The maximum Gasteiger partial charge on any atom is 0.0800 e. The highest BCUT2D eigenvalue weighted by atomic mass is 32.2. The van der Waals surface area contributed by atoms with Crippen LogP contribution in [0, 0.1) is 5.41 Å². The van der Waals surface area contributed by atoms with E-state index in [1.165, 1.54) is 54.2 Å². The molecule has 0 radical (unpaired) electrons. The number of aliphatic hydroxyl groups excluding tert-OH is 1. The summed E-state index contributed by atoms with van der Waals surface area (Å²) >= 11 is 1.63. The molecule has 4 rings (SSSR count). The molecular formula is C24H34N2OS. The van der Waals surface area contributed by atoms with Crippen molar-refractivity contribution in [2.24, 2.45) is 5.41 Å². The highest BCUT2D eigenvalue weighted by Crippen LogP contribution is 2.52. The van der Waals surface area contributed by atoms with Crippen LogP contribution in [-0.2, 0) is 0 Å². The van der Waals surface area contributed by atoms with Crippen LogP contribution in [0.15, 0.2) is 47.4 Å². The van der Waals surface area contributed by atoms with Gasteiger partial charge in [-0.2, -0.15) is 0 Å². The van der Waals surface area contributed by atoms with E-state index in [-0.39, 0.29) is 11.6 Å². The molecule has 152 valence electrons. The first-order valence-electron chi connectivity index (χ1n) is 10.8. The van der Waals surface area contributed by atoms with E-state index < -0.39 is 0 Å². The zero-order valence-corrected chi connectivity index (χ0v) is 18.1. The van der Waals surface area contributed by atoms with Crippen LogP contribution in [0.2, 0.25) is 0 Å². The summed E-state index contributed by atoms with van der Waals surface area (Å²) in [5.41, 5.74) is 0.654. The second-order valence-corrected chi connectivity index (χ2v) is 10.1. The molecule has 28 heavy (non-hydrogen) atoms. The molecule has 2 fully saturated rings. The van der Waals surface area contributed by atoms with Gasteiger partial charge in [0.2, 0.25) is 0 Å². The second-order valence-electron chi connectivity index (χ2n) is 9.17. The van der Waals surface area contributed by atoms with Crippen LogP contribution < -0.4 is 4.72 Å². The molecule has 3 atom stereocenters. The molecular weight excluding hydrogens is 364 g/mol. The molecule has 2 aromatic rings. The van der Waals surface area contributed by atoms with Crippen LogP contribution >= 0.6 is 11.9 Å². The van der Waals surface area contributed by atoms with Gasteiger partial charge in [-0.25, -0.2) is 0 Å². The van der Waals surface area contributed by atoms with Gasteiger partial charge in [0.1, 0.15) is 0 Å². The van der Waals surface area contributed by atoms with Crippen molar-refractivity contribution in [1.29, 1.82) is 0 Å². The largest absolute Gasteiger partial charge is 0.390 e. The third-order valence-electron chi connectivity index (χ3n) is 7.48. The van der Waals surface area contributed by atoms with E-state index in [0.717, 1.165) is 13.1 Å². The summed E-state index contributed by atoms with van der Waals surface area (Å²) in [5, 5.41) is 13.3. The normalized spacial score (nSPS) is 29.5. The predicted molar refractivity (Wildman–Crippen MR) is 120 cm³/mol. The monoisotopic (exact) mass is 398 g/mol. The van der Waals surface area contributed by atoms with Crippen molar-refractivity contribution in [2.45, 2.75) is 68.9 Å². The van der Waals surface area contributed by atoms with Crippen LogP contribution in [0.3, 0.4) is 0 Å². The molecule has 3 unspecified atom stereocenters. The van der Waals surface area contributed by atoms with Gasteiger partial charge in [0.25, 0.3) is 0 Å². The molecule has 4 heteroatoms. The highest BCUT2D eigenvalue weighted by Gasteiger charge is 2.51. The van der Waals surface area contributed by atoms with E-state index in [0.29, 0.717) is 12.0 Å². The van der Waals surface area contributed by atoms with Gasteiger partial charge in [-0.1, -0.05) is 56.2 Å². The Morgan fingerprint density at radius 1 is 1.04 bits per heavy atom. The maximum atomic E-state index is 10.8. The van der Waals surface area contributed by atoms with E-state index in [9.17, 15) is 5.11 Å². The van der Waals surface area contributed by atoms with Gasteiger partial charge in [-0.3, -0.25) is 9.62 Å². The number of aliphatic hydroxyl groups is 1. The number of benzene rings is 2. The summed E-state index contributed by atoms with van der Waals surface area (Å²) in [7, 11) is 0. The second kappa shape index (κ2) is 8.35. The average molecular weight is 399 g/mol. The Hall–Kier alpha value is -1.07. The molecule has 1 aliphatic heterocycles. The van der Waals surface area contributed by atoms with E-state index >= 15 is 0 Å². The molecule has 2 N–H and O–H groups in total. The molecule has 1 heterocycles. The summed E-state index contributed by atoms with van der Waals surface area (Å²) in [6.07, 6.45) is 7.56. The zero-order valence-electron chi connectivity index (χ0n) is 17.3. The summed E-state index contributed by atoms with van der Waals surface area (Å²) in [6, 6.07) is 14.9. The summed E-state index contributed by atoms with van der Waals surface area (Å²) in [6.45, 7) is 7.45. The van der Waals surface area contributed by atoms with E-state index in [1.807, 2.05) is 0 Å². The Morgan fingerprint density at radius 3 is 2.68 bits per heavy atom. The Bertz CT molecular complexity index is 803. The van der Waals surface area contributed by atoms with E-state index in [1.54, 1.807) is 11.9 Å². The SMILES string of the molecule is CC12CCCCC1(C)N(CC(O)CNSc1cccc3ccccc13)CCC2. The highest BCUT2D eigenvalue weighted by molar-refractivity contribution is 7.97. The number of nitrogens with zero attached hydrogens (tertiary/aromatic N) is 1. The van der Waals surface area contributed by atoms with Crippen molar-refractivity contribution >= 4 is 22.7 Å². The number of hydrogen-bond donors (Lipinski definition) is 2. The van der Waals surface area contributed by atoms with Gasteiger partial charge < -0.3 is 5.11 Å². The summed E-state index contributed by atoms with van der Waals surface area (Å²) < 4.78 is 3.42. The molecule has 1 saturated heterocycles. The van der Waals surface area contributed by atoms with Crippen molar-refractivity contribution in [3.63, 3.8) is 0 Å². The van der Waals surface area contributed by atoms with Crippen molar-refractivity contribution in [3.8, 4) is 0 Å². The molecule has 0 bridgehead atoms. The first-order valence-corrected chi connectivity index (χ1v) is 11.6. The molecule has 1 saturated carbocycles. The Balaban J connectivity index is 1.35. The van der Waals surface area contributed by atoms with E-state index in [4.69, 9.17) is 0 Å². The first kappa shape index (κ1) is 20.2. The van der Waals surface area contributed by atoms with Crippen LogP contribution in [0.25, 0.3) is 10.8 Å². The smallest absolute Gasteiger partial charge is 0.0800 e. The Morgan fingerprint density at radius 2 is 1.79 bits per heavy atom. The van der Waals surface area contributed by atoms with Crippen molar-refractivity contribution in [3.05, 3.63) is 42.5 Å². The molecule has 2 aliphatic rings. The van der Waals surface area contributed by atoms with Crippen LogP contribution in [0.4, 0.5) is 0 Å². The maximum absolute atomic E-state index is 10.8. The molecule has 0 aromatic heterocycles. The fourth-order valence-electron chi connectivity index (χ4n) is 5.51. The summed E-state index contributed by atoms with van der Waals surface area (Å²) in [5.74, 6) is 0. The summed E-state index contributed by atoms with van der Waals surface area (Å²) in [4.78, 5) is 3.82. The van der Waals surface area contributed by atoms with Crippen molar-refractivity contribution in [1.82, 2.24) is 9.62 Å². The fourth-order valence-corrected chi connectivity index (χ4v) is 6.38. The Labute approximate surface area is 174 Å². The lowest BCUT2D eigenvalue weighted by molar-refractivity contribution is -0.0956. The molecule has 3 nitrogen and oxygen atoms in total. The van der Waals surface area contributed by atoms with Crippen molar-refractivity contribution < 1.29 is 5.11 Å². The van der Waals surface area contributed by atoms with Gasteiger partial charge in [-0.15, -0.1) is 0 Å². The lowest BCUT2D eigenvalue weighted by atomic mass is 9.58. The number of rotatable bonds is 6. The Kier molecular flexibility index (Phi) is 6.03. The van der Waals surface area contributed by atoms with Crippen LogP contribution in [0.1, 0.15) is 52.4 Å². The minimum atomic E-state index is -0.344. The minimum absolute atomic E-state index is 0.243. The van der Waals surface area contributed by atoms with Gasteiger partial charge in [0.05, 0.1) is 6.10 Å². The molecule has 0 spiro atoms. The first-order chi connectivity index (χ1) is 13.5. The molecule has 1 aliphatic carbocycles. The van der Waals surface area contributed by atoms with Gasteiger partial charge in [0.15, 0.2) is 0 Å². The molecule has 0 amide bonds. The van der Waals surface area contributed by atoms with Gasteiger partial charge >= 0.3 is 0 Å². The number of nitrogens with one attached hydrogen (secondary N) is 1. The predicted octanol–water partition coefficient (Wildman–Crippen LogP) is 5.23. The fraction of sp³-hybridized carbons (Fsp3) is 0.583. The number of likely N-dealkylation sites (tertiary alicyclic amines) is 1. The zero-order chi connectivity index (χ0) is 19.6. The average Bonchev–Trinajstić information content (AvgIpc) is 2.69. The topological polar surface area (TPSA) is 35.5 Å². The third-order valence-corrected chi connectivity index (χ3v) is 8.37. The lowest BCUT2D eigenvalue weighted by Gasteiger charge is -2.59. The van der Waals surface area contributed by atoms with Crippen molar-refractivity contribution in [2.75, 3.05) is 19.6 Å². The van der Waals surface area contributed by atoms with Crippen LogP contribution in [-0.4, -0.2) is 41.3 Å². The van der Waals surface area contributed by atoms with Gasteiger partial charge in [-0.05, 0) is 73.4 Å². The number of piperidine rings is 1. The number of β-amino-alcohol motifs (C(OH)–C–C–N with tert-alkyl or cyclic N) is 1. The molecule has 2 aromatic carbocycles. The quantitative estimate of drug-likeness (QED) is 0.653. The third kappa shape index (κ3) is 3.85. The minimum Gasteiger partial charge on any atom is -0.390 e. The standard InChI is InChI=1S/C24H34N2OS/c1-23-13-5-6-15-24(23,2)26(16-8-14-23)18-20(27)17-25-28-22-12-7-10-19-9-3-4-11-21(19)22/h3-4,7,9-12,20,25,27H,5-6,8,13-18H2,1-2H3. The van der Waals surface area contributed by atoms with Crippen LogP contribution in [0.5, 0.6) is 0 Å². The number of fused-ring (bicyclic) bond motifs is 2. The van der Waals surface area contributed by atoms with Gasteiger partial charge in [0, 0.05) is 23.5 Å². The lowest BCUT2D eigenvalue weighted by Crippen LogP contribution is -2.63. The number of hydrogen-bond acceptors (Lipinski definition) is 4.